The van der Waals surface area contributed by atoms with Crippen molar-refractivity contribution in [3.63, 3.8) is 0 Å². The molecule has 2 aliphatic carbocycles. The lowest BCUT2D eigenvalue weighted by Crippen LogP contribution is -2.46. The van der Waals surface area contributed by atoms with E-state index in [-0.39, 0.29) is 49.2 Å². The van der Waals surface area contributed by atoms with Gasteiger partial charge in [-0.1, -0.05) is 88.1 Å². The Labute approximate surface area is 354 Å². The molecule has 0 unspecified atom stereocenters. The quantitative estimate of drug-likeness (QED) is 0.267. The Morgan fingerprint density at radius 1 is 0.867 bits per heavy atom. The first-order valence-electron chi connectivity index (χ1n) is 22.7. The number of nitrogens with one attached hydrogen (secondary N) is 1. The Hall–Kier alpha value is -4.32. The third-order valence-corrected chi connectivity index (χ3v) is 15.7. The first kappa shape index (κ1) is 42.4. The van der Waals surface area contributed by atoms with Crippen molar-refractivity contribution >= 4 is 44.3 Å². The molecule has 1 N–H and O–H groups in total. The van der Waals surface area contributed by atoms with Crippen LogP contribution in [0.3, 0.4) is 0 Å². The van der Waals surface area contributed by atoms with Crippen LogP contribution in [0, 0.1) is 17.3 Å². The third kappa shape index (κ3) is 9.58. The van der Waals surface area contributed by atoms with Gasteiger partial charge in [-0.2, -0.15) is 0 Å². The lowest BCUT2D eigenvalue weighted by molar-refractivity contribution is -0.143. The van der Waals surface area contributed by atoms with E-state index >= 15 is 0 Å². The molecule has 2 amide bonds. The van der Waals surface area contributed by atoms with Gasteiger partial charge in [-0.25, -0.2) is 13.4 Å². The van der Waals surface area contributed by atoms with E-state index in [9.17, 15) is 27.6 Å². The fraction of sp³-hybridized carbons (Fsp3) is 0.604. The minimum absolute atomic E-state index is 0.0852. The average molecular weight is 840 g/mol. The van der Waals surface area contributed by atoms with Crippen molar-refractivity contribution < 1.29 is 37.1 Å². The number of ether oxygens (including phenoxy) is 2. The summed E-state index contributed by atoms with van der Waals surface area (Å²) in [5.74, 6) is -0.272. The van der Waals surface area contributed by atoms with E-state index in [1.165, 1.54) is 0 Å². The van der Waals surface area contributed by atoms with E-state index in [2.05, 4.69) is 10.8 Å². The molecule has 4 fully saturated rings. The number of nitrogens with zero attached hydrogens (tertiary/aromatic N) is 2. The van der Waals surface area contributed by atoms with Gasteiger partial charge in [0.25, 0.3) is 0 Å². The molecule has 0 radical (unpaired) electrons. The number of methoxy groups -OCH3 is 1. The summed E-state index contributed by atoms with van der Waals surface area (Å²) in [5.41, 5.74) is 2.27. The largest absolute Gasteiger partial charge is 0.496 e. The SMILES string of the molecule is COc1cc2nc(-c3ccccc3)cc3c2cc1CCCCCCCCC(=O)C[C@H]1CCCCCCC[C@@H]2C[C@@]2(C(=O)NS(=O)(=O)C2CC2)CC(=O)[C@@H]2C[C@H](CN2C1=O)O3. The summed E-state index contributed by atoms with van der Waals surface area (Å²) < 4.78 is 41.3. The summed E-state index contributed by atoms with van der Waals surface area (Å²) in [6.45, 7) is 0.145. The zero-order valence-corrected chi connectivity index (χ0v) is 35.9. The zero-order chi connectivity index (χ0) is 41.9. The van der Waals surface area contributed by atoms with E-state index in [0.717, 1.165) is 111 Å². The van der Waals surface area contributed by atoms with Gasteiger partial charge in [0.2, 0.25) is 21.8 Å². The molecule has 2 aromatic carbocycles. The minimum atomic E-state index is -3.82. The number of aryl methyl sites for hydroxylation is 1. The number of rotatable bonds is 5. The Bertz CT molecular complexity index is 2190. The second-order valence-electron chi connectivity index (χ2n) is 18.3. The lowest BCUT2D eigenvalue weighted by Gasteiger charge is -2.29. The van der Waals surface area contributed by atoms with Crippen molar-refractivity contribution in [2.24, 2.45) is 17.3 Å². The highest BCUT2D eigenvalue weighted by molar-refractivity contribution is 7.90. The first-order chi connectivity index (χ1) is 29.0. The predicted molar refractivity (Wildman–Crippen MR) is 230 cm³/mol. The predicted octanol–water partition coefficient (Wildman–Crippen LogP) is 8.44. The number of pyridine rings is 1. The van der Waals surface area contributed by atoms with E-state index in [1.807, 2.05) is 42.5 Å². The molecule has 322 valence electrons. The minimum Gasteiger partial charge on any atom is -0.496 e. The summed E-state index contributed by atoms with van der Waals surface area (Å²) in [5, 5.41) is 0.253. The zero-order valence-electron chi connectivity index (χ0n) is 35.1. The van der Waals surface area contributed by atoms with Crippen molar-refractivity contribution in [1.29, 1.82) is 0 Å². The number of Topliss-reactive ketones (excluding diaryl/α,β-unsaturated/α-hetero) is 2. The van der Waals surface area contributed by atoms with Gasteiger partial charge in [-0.15, -0.1) is 0 Å². The number of sulfonamides is 1. The van der Waals surface area contributed by atoms with Gasteiger partial charge in [0, 0.05) is 54.7 Å². The summed E-state index contributed by atoms with van der Waals surface area (Å²) in [4.78, 5) is 63.9. The van der Waals surface area contributed by atoms with Gasteiger partial charge >= 0.3 is 0 Å². The molecule has 11 nitrogen and oxygen atoms in total. The molecule has 1 aromatic heterocycles. The second-order valence-corrected chi connectivity index (χ2v) is 20.3. The van der Waals surface area contributed by atoms with Gasteiger partial charge in [0.05, 0.1) is 41.6 Å². The Morgan fingerprint density at radius 2 is 1.57 bits per heavy atom. The third-order valence-electron chi connectivity index (χ3n) is 13.9. The molecule has 5 atom stereocenters. The van der Waals surface area contributed by atoms with Gasteiger partial charge in [-0.3, -0.25) is 23.9 Å². The molecule has 5 bridgehead atoms. The van der Waals surface area contributed by atoms with Crippen LogP contribution in [0.4, 0.5) is 0 Å². The van der Waals surface area contributed by atoms with Crippen LogP contribution >= 0.6 is 0 Å². The normalized spacial score (nSPS) is 27.7. The topological polar surface area (TPSA) is 149 Å². The number of fused-ring (bicyclic) bond motifs is 4. The van der Waals surface area contributed by atoms with Crippen molar-refractivity contribution in [2.75, 3.05) is 13.7 Å². The number of amides is 2. The van der Waals surface area contributed by atoms with Crippen LogP contribution in [0.5, 0.6) is 11.5 Å². The monoisotopic (exact) mass is 839 g/mol. The number of hydrogen-bond donors (Lipinski definition) is 1. The van der Waals surface area contributed by atoms with E-state index in [4.69, 9.17) is 14.5 Å². The van der Waals surface area contributed by atoms with Gasteiger partial charge in [0.1, 0.15) is 23.4 Å². The summed E-state index contributed by atoms with van der Waals surface area (Å²) in [7, 11) is -2.14. The van der Waals surface area contributed by atoms with Crippen molar-refractivity contribution in [2.45, 2.75) is 152 Å². The van der Waals surface area contributed by atoms with Crippen molar-refractivity contribution in [3.8, 4) is 22.8 Å². The van der Waals surface area contributed by atoms with Gasteiger partial charge in [0.15, 0.2) is 5.78 Å². The maximum absolute atomic E-state index is 14.9. The number of ketones is 2. The molecule has 4 heterocycles. The van der Waals surface area contributed by atoms with Crippen LogP contribution in [-0.2, 0) is 35.6 Å². The molecule has 5 aliphatic rings. The van der Waals surface area contributed by atoms with Crippen molar-refractivity contribution in [1.82, 2.24) is 14.6 Å². The lowest BCUT2D eigenvalue weighted by atomic mass is 9.89. The Kier molecular flexibility index (Phi) is 13.0. The molecular formula is C48H61N3O8S. The van der Waals surface area contributed by atoms with Crippen molar-refractivity contribution in [3.05, 3.63) is 54.1 Å². The van der Waals surface area contributed by atoms with Crippen LogP contribution in [-0.4, -0.2) is 72.7 Å². The molecule has 0 spiro atoms. The number of benzene rings is 2. The summed E-state index contributed by atoms with van der Waals surface area (Å²) in [6.07, 6.45) is 14.2. The average Bonchev–Trinajstić information content (AvgIpc) is 4.17. The molecule has 3 aromatic rings. The smallest absolute Gasteiger partial charge is 0.240 e. The van der Waals surface area contributed by atoms with E-state index in [0.29, 0.717) is 43.4 Å². The maximum Gasteiger partial charge on any atom is 0.240 e. The van der Waals surface area contributed by atoms with E-state index in [1.54, 1.807) is 12.0 Å². The van der Waals surface area contributed by atoms with Gasteiger partial charge in [-0.05, 0) is 68.9 Å². The molecule has 12 heteroatoms. The van der Waals surface area contributed by atoms with Crippen LogP contribution in [0.1, 0.15) is 134 Å². The first-order valence-corrected chi connectivity index (χ1v) is 24.2. The molecule has 2 saturated carbocycles. The standard InChI is InChI=1S/C48H61N3O8S/c1-58-44-28-41-39-25-33(44)18-10-5-2-3-8-15-21-36(52)24-34-19-11-6-4-7-14-20-35-29-48(35,47(55)50-60(56,57)38-22-23-38)30-43(53)42-26-37(31-51(42)46(34)54)59-45(39)27-40(49-41)32-16-12-9-13-17-32/h9,12-13,16-17,25,27-28,34-35,37-38,42H,2-8,10-11,14-15,18-24,26,29-31H2,1H3,(H,50,55)/t34-,35-,37-,42+,48-/m1/s1. The molecule has 60 heavy (non-hydrogen) atoms. The highest BCUT2D eigenvalue weighted by Crippen LogP contribution is 2.59. The molecule has 2 saturated heterocycles. The molecule has 8 rings (SSSR count). The number of hydrogen-bond acceptors (Lipinski definition) is 9. The highest BCUT2D eigenvalue weighted by atomic mass is 32.2. The number of aromatic nitrogens is 1. The van der Waals surface area contributed by atoms with Crippen LogP contribution < -0.4 is 14.2 Å². The maximum atomic E-state index is 14.9. The highest BCUT2D eigenvalue weighted by Gasteiger charge is 2.62. The van der Waals surface area contributed by atoms with Crippen LogP contribution in [0.25, 0.3) is 22.2 Å². The van der Waals surface area contributed by atoms with Crippen LogP contribution in [0.2, 0.25) is 0 Å². The molecular weight excluding hydrogens is 779 g/mol. The van der Waals surface area contributed by atoms with E-state index < -0.39 is 44.7 Å². The number of carbonyl (C=O) groups excluding carboxylic acids is 4. The summed E-state index contributed by atoms with van der Waals surface area (Å²) in [6, 6.07) is 15.0. The molecule has 3 aliphatic heterocycles. The van der Waals surface area contributed by atoms with Crippen LogP contribution in [0.15, 0.2) is 48.5 Å². The Morgan fingerprint density at radius 3 is 2.30 bits per heavy atom. The fourth-order valence-corrected chi connectivity index (χ4v) is 11.5. The van der Waals surface area contributed by atoms with Gasteiger partial charge < -0.3 is 14.4 Å². The Balaban J connectivity index is 1.17. The summed E-state index contributed by atoms with van der Waals surface area (Å²) >= 11 is 0. The second kappa shape index (κ2) is 18.3. The fourth-order valence-electron chi connectivity index (χ4n) is 10.2. The number of carbonyl (C=O) groups is 4.